The van der Waals surface area contributed by atoms with Crippen molar-refractivity contribution in [2.75, 3.05) is 12.3 Å². The zero-order chi connectivity index (χ0) is 15.0. The summed E-state index contributed by atoms with van der Waals surface area (Å²) >= 11 is 0. The van der Waals surface area contributed by atoms with Gasteiger partial charge in [-0.15, -0.1) is 0 Å². The molecule has 2 aromatic rings. The SMILES string of the molecule is Nc1ccc(F)c(S(=O)(=O)N2CCCC2c2ccc[nH]2)c1. The lowest BCUT2D eigenvalue weighted by Crippen LogP contribution is -2.31. The summed E-state index contributed by atoms with van der Waals surface area (Å²) in [6, 6.07) is 6.98. The third-order valence-corrected chi connectivity index (χ3v) is 5.65. The highest BCUT2D eigenvalue weighted by Crippen LogP contribution is 2.36. The molecule has 3 N–H and O–H groups in total. The fraction of sp³-hybridized carbons (Fsp3) is 0.286. The van der Waals surface area contributed by atoms with Gasteiger partial charge in [0, 0.05) is 24.1 Å². The van der Waals surface area contributed by atoms with E-state index in [1.54, 1.807) is 6.20 Å². The van der Waals surface area contributed by atoms with Gasteiger partial charge >= 0.3 is 0 Å². The quantitative estimate of drug-likeness (QED) is 0.854. The second-order valence-corrected chi connectivity index (χ2v) is 6.95. The molecule has 0 spiro atoms. The molecule has 1 aromatic heterocycles. The number of sulfonamides is 1. The standard InChI is InChI=1S/C14H16FN3O2S/c15-11-6-5-10(16)9-14(11)21(19,20)18-8-2-4-13(18)12-3-1-7-17-12/h1,3,5-7,9,13,17H,2,4,8,16H2. The van der Waals surface area contributed by atoms with Crippen LogP contribution in [0.25, 0.3) is 0 Å². The van der Waals surface area contributed by atoms with Gasteiger partial charge in [-0.3, -0.25) is 0 Å². The number of nitrogens with zero attached hydrogens (tertiary/aromatic N) is 1. The zero-order valence-corrected chi connectivity index (χ0v) is 12.1. The van der Waals surface area contributed by atoms with Crippen molar-refractivity contribution >= 4 is 15.7 Å². The number of H-pyrrole nitrogens is 1. The lowest BCUT2D eigenvalue weighted by atomic mass is 10.2. The molecule has 0 radical (unpaired) electrons. The number of aromatic nitrogens is 1. The summed E-state index contributed by atoms with van der Waals surface area (Å²) in [6.45, 7) is 0.375. The maximum absolute atomic E-state index is 13.9. The van der Waals surface area contributed by atoms with E-state index < -0.39 is 15.8 Å². The van der Waals surface area contributed by atoms with Crippen molar-refractivity contribution in [1.82, 2.24) is 9.29 Å². The highest BCUT2D eigenvalue weighted by molar-refractivity contribution is 7.89. The molecule has 0 bridgehead atoms. The van der Waals surface area contributed by atoms with E-state index in [9.17, 15) is 12.8 Å². The lowest BCUT2D eigenvalue weighted by molar-refractivity contribution is 0.388. The predicted molar refractivity (Wildman–Crippen MR) is 77.5 cm³/mol. The Labute approximate surface area is 122 Å². The Morgan fingerprint density at radius 2 is 2.14 bits per heavy atom. The number of hydrogen-bond donors (Lipinski definition) is 2. The average Bonchev–Trinajstić information content (AvgIpc) is 3.10. The molecular formula is C14H16FN3O2S. The van der Waals surface area contributed by atoms with Crippen LogP contribution in [-0.2, 0) is 10.0 Å². The van der Waals surface area contributed by atoms with Crippen molar-refractivity contribution in [2.45, 2.75) is 23.8 Å². The molecule has 3 rings (SSSR count). The Morgan fingerprint density at radius 3 is 2.86 bits per heavy atom. The van der Waals surface area contributed by atoms with Gasteiger partial charge in [-0.25, -0.2) is 12.8 Å². The number of benzene rings is 1. The second kappa shape index (κ2) is 5.16. The molecule has 1 fully saturated rings. The molecule has 7 heteroatoms. The van der Waals surface area contributed by atoms with E-state index >= 15 is 0 Å². The van der Waals surface area contributed by atoms with E-state index in [0.717, 1.165) is 18.2 Å². The van der Waals surface area contributed by atoms with E-state index in [-0.39, 0.29) is 16.6 Å². The Kier molecular flexibility index (Phi) is 3.46. The van der Waals surface area contributed by atoms with E-state index in [1.165, 1.54) is 16.4 Å². The minimum atomic E-state index is -3.91. The second-order valence-electron chi connectivity index (χ2n) is 5.09. The number of hydrogen-bond acceptors (Lipinski definition) is 3. The Hall–Kier alpha value is -1.86. The number of nitrogens with two attached hydrogens (primary N) is 1. The highest BCUT2D eigenvalue weighted by atomic mass is 32.2. The summed E-state index contributed by atoms with van der Waals surface area (Å²) in [4.78, 5) is 2.67. The molecule has 21 heavy (non-hydrogen) atoms. The first-order valence-electron chi connectivity index (χ1n) is 6.70. The fourth-order valence-corrected chi connectivity index (χ4v) is 4.51. The third kappa shape index (κ3) is 2.43. The van der Waals surface area contributed by atoms with Crippen LogP contribution < -0.4 is 5.73 Å². The summed E-state index contributed by atoms with van der Waals surface area (Å²) in [5.41, 5.74) is 6.64. The summed E-state index contributed by atoms with van der Waals surface area (Å²) in [7, 11) is -3.91. The van der Waals surface area contributed by atoms with Crippen LogP contribution in [0, 0.1) is 5.82 Å². The van der Waals surface area contributed by atoms with Crippen LogP contribution >= 0.6 is 0 Å². The molecule has 0 saturated carbocycles. The first-order chi connectivity index (χ1) is 10.00. The van der Waals surface area contributed by atoms with Crippen molar-refractivity contribution in [2.24, 2.45) is 0 Å². The zero-order valence-electron chi connectivity index (χ0n) is 11.3. The highest BCUT2D eigenvalue weighted by Gasteiger charge is 2.38. The lowest BCUT2D eigenvalue weighted by Gasteiger charge is -2.23. The molecule has 1 aromatic carbocycles. The number of halogens is 1. The summed E-state index contributed by atoms with van der Waals surface area (Å²) < 4.78 is 40.7. The number of anilines is 1. The van der Waals surface area contributed by atoms with E-state index in [1.807, 2.05) is 12.1 Å². The van der Waals surface area contributed by atoms with E-state index in [4.69, 9.17) is 5.73 Å². The van der Waals surface area contributed by atoms with Crippen LogP contribution in [0.15, 0.2) is 41.4 Å². The molecule has 0 amide bonds. The fourth-order valence-electron chi connectivity index (χ4n) is 2.73. The monoisotopic (exact) mass is 309 g/mol. The maximum atomic E-state index is 13.9. The molecule has 2 heterocycles. The number of aromatic amines is 1. The topological polar surface area (TPSA) is 79.2 Å². The number of nitrogen functional groups attached to an aromatic ring is 1. The van der Waals surface area contributed by atoms with Gasteiger partial charge in [0.15, 0.2) is 0 Å². The summed E-state index contributed by atoms with van der Waals surface area (Å²) in [5.74, 6) is -0.777. The summed E-state index contributed by atoms with van der Waals surface area (Å²) in [6.07, 6.45) is 3.20. The van der Waals surface area contributed by atoms with Gasteiger partial charge in [-0.1, -0.05) is 0 Å². The molecule has 1 atom stereocenters. The van der Waals surface area contributed by atoms with E-state index in [0.29, 0.717) is 13.0 Å². The van der Waals surface area contributed by atoms with Gasteiger partial charge in [0.05, 0.1) is 6.04 Å². The molecule has 1 saturated heterocycles. The van der Waals surface area contributed by atoms with Gasteiger partial charge in [-0.2, -0.15) is 4.31 Å². The minimum Gasteiger partial charge on any atom is -0.399 e. The van der Waals surface area contributed by atoms with Gasteiger partial charge in [0.1, 0.15) is 10.7 Å². The Balaban J connectivity index is 2.03. The van der Waals surface area contributed by atoms with Gasteiger partial charge in [-0.05, 0) is 43.2 Å². The number of rotatable bonds is 3. The normalized spacial score (nSPS) is 20.0. The largest absolute Gasteiger partial charge is 0.399 e. The molecule has 1 aliphatic heterocycles. The minimum absolute atomic E-state index is 0.227. The first-order valence-corrected chi connectivity index (χ1v) is 8.14. The summed E-state index contributed by atoms with van der Waals surface area (Å²) in [5, 5.41) is 0. The molecule has 0 aliphatic carbocycles. The van der Waals surface area contributed by atoms with Gasteiger partial charge in [0.25, 0.3) is 0 Å². The van der Waals surface area contributed by atoms with Crippen LogP contribution in [0.5, 0.6) is 0 Å². The van der Waals surface area contributed by atoms with Crippen LogP contribution in [0.1, 0.15) is 24.6 Å². The van der Waals surface area contributed by atoms with Crippen LogP contribution in [0.2, 0.25) is 0 Å². The van der Waals surface area contributed by atoms with Crippen LogP contribution in [0.4, 0.5) is 10.1 Å². The molecular weight excluding hydrogens is 293 g/mol. The molecule has 112 valence electrons. The molecule has 1 unspecified atom stereocenters. The van der Waals surface area contributed by atoms with Crippen molar-refractivity contribution < 1.29 is 12.8 Å². The van der Waals surface area contributed by atoms with Crippen molar-refractivity contribution in [3.63, 3.8) is 0 Å². The van der Waals surface area contributed by atoms with Crippen LogP contribution in [0.3, 0.4) is 0 Å². The smallest absolute Gasteiger partial charge is 0.246 e. The van der Waals surface area contributed by atoms with Crippen LogP contribution in [-0.4, -0.2) is 24.3 Å². The third-order valence-electron chi connectivity index (χ3n) is 3.73. The van der Waals surface area contributed by atoms with Crippen molar-refractivity contribution in [1.29, 1.82) is 0 Å². The van der Waals surface area contributed by atoms with Gasteiger partial charge < -0.3 is 10.7 Å². The first kappa shape index (κ1) is 14.1. The van der Waals surface area contributed by atoms with Crippen molar-refractivity contribution in [3.8, 4) is 0 Å². The average molecular weight is 309 g/mol. The molecule has 1 aliphatic rings. The number of nitrogens with one attached hydrogen (secondary N) is 1. The van der Waals surface area contributed by atoms with Crippen molar-refractivity contribution in [3.05, 3.63) is 48.0 Å². The van der Waals surface area contributed by atoms with E-state index in [2.05, 4.69) is 4.98 Å². The molecule has 5 nitrogen and oxygen atoms in total. The Morgan fingerprint density at radius 1 is 1.33 bits per heavy atom. The predicted octanol–water partition coefficient (Wildman–Crippen LogP) is 2.26. The Bertz CT molecular complexity index is 744. The van der Waals surface area contributed by atoms with Gasteiger partial charge in [0.2, 0.25) is 10.0 Å². The maximum Gasteiger partial charge on any atom is 0.246 e.